The van der Waals surface area contributed by atoms with Gasteiger partial charge in [-0.3, -0.25) is 0 Å². The molecule has 4 rings (SSSR count). The van der Waals surface area contributed by atoms with Gasteiger partial charge < -0.3 is 4.74 Å². The van der Waals surface area contributed by atoms with Crippen LogP contribution in [0.25, 0.3) is 22.3 Å². The highest BCUT2D eigenvalue weighted by atomic mass is 16.5. The van der Waals surface area contributed by atoms with E-state index in [0.29, 0.717) is 0 Å². The summed E-state index contributed by atoms with van der Waals surface area (Å²) in [5.74, 6) is 1.92. The van der Waals surface area contributed by atoms with E-state index < -0.39 is 0 Å². The van der Waals surface area contributed by atoms with Crippen molar-refractivity contribution in [1.29, 1.82) is 0 Å². The molecule has 21 heavy (non-hydrogen) atoms. The maximum absolute atomic E-state index is 6.22. The van der Waals surface area contributed by atoms with Crippen LogP contribution in [0.5, 0.6) is 5.75 Å². The minimum Gasteiger partial charge on any atom is -0.497 e. The summed E-state index contributed by atoms with van der Waals surface area (Å²) in [4.78, 5) is 0. The van der Waals surface area contributed by atoms with Crippen molar-refractivity contribution in [2.24, 2.45) is 0 Å². The Balaban J connectivity index is 1.96. The fourth-order valence-electron chi connectivity index (χ4n) is 3.09. The van der Waals surface area contributed by atoms with E-state index in [1.165, 1.54) is 27.6 Å². The van der Waals surface area contributed by atoms with Gasteiger partial charge >= 0.3 is 11.3 Å². The number of fused-ring (bicyclic) bond motifs is 4. The van der Waals surface area contributed by atoms with Gasteiger partial charge in [0, 0.05) is 6.07 Å². The van der Waals surface area contributed by atoms with E-state index in [1.807, 2.05) is 6.07 Å². The minimum absolute atomic E-state index is 0.911. The van der Waals surface area contributed by atoms with Crippen molar-refractivity contribution in [3.8, 4) is 17.1 Å². The molecule has 0 N–H and O–H groups in total. The second-order valence-corrected chi connectivity index (χ2v) is 5.67. The Hall–Kier alpha value is -2.35. The quantitative estimate of drug-likeness (QED) is 0.596. The first kappa shape index (κ1) is 12.4. The molecular formula is C19H17O2+. The lowest BCUT2D eigenvalue weighted by atomic mass is 9.89. The molecule has 0 atom stereocenters. The number of ether oxygens (including phenoxy) is 1. The van der Waals surface area contributed by atoms with Crippen molar-refractivity contribution < 1.29 is 9.15 Å². The largest absolute Gasteiger partial charge is 0.497 e. The van der Waals surface area contributed by atoms with Gasteiger partial charge in [-0.2, -0.15) is 0 Å². The molecule has 2 nitrogen and oxygen atoms in total. The molecule has 0 unspecified atom stereocenters. The lowest BCUT2D eigenvalue weighted by molar-refractivity contribution is 0.414. The Morgan fingerprint density at radius 3 is 2.67 bits per heavy atom. The predicted octanol–water partition coefficient (Wildman–Crippen LogP) is 4.80. The fraction of sp³-hybridized carbons (Fsp3) is 0.211. The summed E-state index contributed by atoms with van der Waals surface area (Å²) < 4.78 is 11.5. The van der Waals surface area contributed by atoms with Gasteiger partial charge in [0.2, 0.25) is 0 Å². The average Bonchev–Trinajstić information content (AvgIpc) is 2.52. The Morgan fingerprint density at radius 1 is 0.952 bits per heavy atom. The Labute approximate surface area is 124 Å². The van der Waals surface area contributed by atoms with Crippen molar-refractivity contribution in [2.75, 3.05) is 7.11 Å². The molecule has 0 bridgehead atoms. The highest BCUT2D eigenvalue weighted by Crippen LogP contribution is 2.37. The van der Waals surface area contributed by atoms with E-state index in [0.717, 1.165) is 29.9 Å². The molecule has 1 aliphatic carbocycles. The third-order valence-corrected chi connectivity index (χ3v) is 4.22. The molecule has 0 radical (unpaired) electrons. The zero-order chi connectivity index (χ0) is 14.4. The van der Waals surface area contributed by atoms with Crippen LogP contribution in [0.4, 0.5) is 0 Å². The number of hydrogen-bond acceptors (Lipinski definition) is 1. The van der Waals surface area contributed by atoms with Crippen molar-refractivity contribution in [2.45, 2.75) is 19.8 Å². The summed E-state index contributed by atoms with van der Waals surface area (Å²) in [5, 5.41) is 1.18. The van der Waals surface area contributed by atoms with E-state index in [2.05, 4.69) is 43.3 Å². The van der Waals surface area contributed by atoms with E-state index in [1.54, 1.807) is 7.11 Å². The van der Waals surface area contributed by atoms with Gasteiger partial charge in [0.05, 0.1) is 23.6 Å². The summed E-state index contributed by atoms with van der Waals surface area (Å²) >= 11 is 0. The molecule has 3 aromatic rings. The summed E-state index contributed by atoms with van der Waals surface area (Å²) in [6.45, 7) is 2.09. The Kier molecular flexibility index (Phi) is 2.71. The summed E-state index contributed by atoms with van der Waals surface area (Å²) in [6.07, 6.45) is 2.05. The van der Waals surface area contributed by atoms with Crippen LogP contribution in [0.15, 0.2) is 46.9 Å². The third-order valence-electron chi connectivity index (χ3n) is 4.22. The first-order chi connectivity index (χ1) is 10.2. The van der Waals surface area contributed by atoms with Gasteiger partial charge in [-0.25, -0.2) is 4.42 Å². The smallest absolute Gasteiger partial charge is 0.364 e. The van der Waals surface area contributed by atoms with Crippen LogP contribution in [-0.4, -0.2) is 7.11 Å². The SMILES string of the molecule is COc1ccc2c(c1)CCc1cc3ccc(C)cc3[o+]c1-2. The van der Waals surface area contributed by atoms with Gasteiger partial charge in [0.25, 0.3) is 0 Å². The minimum atomic E-state index is 0.911. The lowest BCUT2D eigenvalue weighted by Crippen LogP contribution is -2.04. The van der Waals surface area contributed by atoms with Crippen LogP contribution < -0.4 is 4.74 Å². The molecule has 0 fully saturated rings. The van der Waals surface area contributed by atoms with Crippen LogP contribution in [0, 0.1) is 6.92 Å². The first-order valence-electron chi connectivity index (χ1n) is 7.28. The molecule has 1 aliphatic rings. The molecule has 1 heterocycles. The number of rotatable bonds is 1. The van der Waals surface area contributed by atoms with Gasteiger partial charge in [0.15, 0.2) is 0 Å². The zero-order valence-electron chi connectivity index (χ0n) is 12.3. The van der Waals surface area contributed by atoms with Crippen molar-refractivity contribution in [3.05, 3.63) is 59.2 Å². The summed E-state index contributed by atoms with van der Waals surface area (Å²) in [7, 11) is 1.71. The van der Waals surface area contributed by atoms with E-state index in [-0.39, 0.29) is 0 Å². The van der Waals surface area contributed by atoms with Crippen molar-refractivity contribution >= 4 is 11.0 Å². The first-order valence-corrected chi connectivity index (χ1v) is 7.28. The van der Waals surface area contributed by atoms with Crippen LogP contribution in [0.2, 0.25) is 0 Å². The Bertz CT molecular complexity index is 850. The number of benzene rings is 2. The molecule has 0 amide bonds. The van der Waals surface area contributed by atoms with Gasteiger partial charge in [-0.1, -0.05) is 6.07 Å². The molecular weight excluding hydrogens is 260 g/mol. The molecule has 2 heteroatoms. The highest BCUT2D eigenvalue weighted by molar-refractivity contribution is 5.82. The predicted molar refractivity (Wildman–Crippen MR) is 84.8 cm³/mol. The van der Waals surface area contributed by atoms with Gasteiger partial charge in [0.1, 0.15) is 5.75 Å². The molecule has 0 spiro atoms. The molecule has 2 aromatic carbocycles. The second-order valence-electron chi connectivity index (χ2n) is 5.67. The van der Waals surface area contributed by atoms with Crippen LogP contribution >= 0.6 is 0 Å². The van der Waals surface area contributed by atoms with Crippen LogP contribution in [-0.2, 0) is 12.8 Å². The summed E-state index contributed by atoms with van der Waals surface area (Å²) in [6, 6.07) is 14.9. The third kappa shape index (κ3) is 1.99. The summed E-state index contributed by atoms with van der Waals surface area (Å²) in [5.41, 5.74) is 5.97. The highest BCUT2D eigenvalue weighted by Gasteiger charge is 2.28. The lowest BCUT2D eigenvalue weighted by Gasteiger charge is -2.13. The van der Waals surface area contributed by atoms with Gasteiger partial charge in [-0.15, -0.1) is 0 Å². The second kappa shape index (κ2) is 4.59. The fourth-order valence-corrected chi connectivity index (χ4v) is 3.09. The van der Waals surface area contributed by atoms with Crippen molar-refractivity contribution in [1.82, 2.24) is 0 Å². The maximum Gasteiger partial charge on any atom is 0.364 e. The normalized spacial score (nSPS) is 12.9. The molecule has 0 aliphatic heterocycles. The number of hydrogen-bond donors (Lipinski definition) is 0. The standard InChI is InChI=1S/C19H17O2/c1-12-3-4-14-10-15-6-5-13-11-16(20-2)7-8-17(13)19(15)21-18(14)9-12/h3-4,7-11H,5-6H2,1-2H3/q+1. The van der Waals surface area contributed by atoms with Crippen molar-refractivity contribution in [3.63, 3.8) is 0 Å². The maximum atomic E-state index is 6.22. The van der Waals surface area contributed by atoms with E-state index in [9.17, 15) is 0 Å². The molecule has 0 saturated carbocycles. The molecule has 104 valence electrons. The molecule has 0 saturated heterocycles. The van der Waals surface area contributed by atoms with Gasteiger partial charge in [-0.05, 0) is 61.2 Å². The monoisotopic (exact) mass is 277 g/mol. The van der Waals surface area contributed by atoms with E-state index >= 15 is 0 Å². The van der Waals surface area contributed by atoms with Crippen LogP contribution in [0.3, 0.4) is 0 Å². The molecule has 1 aromatic heterocycles. The Morgan fingerprint density at radius 2 is 1.81 bits per heavy atom. The van der Waals surface area contributed by atoms with E-state index in [4.69, 9.17) is 9.15 Å². The number of methoxy groups -OCH3 is 1. The zero-order valence-corrected chi connectivity index (χ0v) is 12.3. The average molecular weight is 277 g/mol. The number of aryl methyl sites for hydroxylation is 3. The topological polar surface area (TPSA) is 20.5 Å². The van der Waals surface area contributed by atoms with Crippen LogP contribution in [0.1, 0.15) is 16.7 Å².